The van der Waals surface area contributed by atoms with Crippen molar-refractivity contribution in [3.8, 4) is 0 Å². The lowest BCUT2D eigenvalue weighted by molar-refractivity contribution is 0.191. The fourth-order valence-corrected chi connectivity index (χ4v) is 3.61. The van der Waals surface area contributed by atoms with Crippen molar-refractivity contribution < 1.29 is 0 Å². The lowest BCUT2D eigenvalue weighted by Crippen LogP contribution is -2.50. The monoisotopic (exact) mass is 213 g/mol. The molecule has 1 aromatic rings. The summed E-state index contributed by atoms with van der Waals surface area (Å²) in [7, 11) is 0. The molecule has 1 heteroatoms. The molecule has 1 nitrogen and oxygen atoms in total. The molecule has 16 heavy (non-hydrogen) atoms. The van der Waals surface area contributed by atoms with Gasteiger partial charge in [-0.15, -0.1) is 6.58 Å². The van der Waals surface area contributed by atoms with Gasteiger partial charge in [-0.3, -0.25) is 0 Å². The topological polar surface area (TPSA) is 12.0 Å². The van der Waals surface area contributed by atoms with Crippen LogP contribution in [0.4, 0.5) is 0 Å². The molecule has 2 bridgehead atoms. The van der Waals surface area contributed by atoms with Gasteiger partial charge in [0.1, 0.15) is 0 Å². The molecule has 1 N–H and O–H groups in total. The molecule has 0 radical (unpaired) electrons. The predicted octanol–water partition coefficient (Wildman–Crippen LogP) is 3.40. The zero-order valence-corrected chi connectivity index (χ0v) is 9.82. The third kappa shape index (κ3) is 1.35. The second kappa shape index (κ2) is 3.74. The Balaban J connectivity index is 2.05. The van der Waals surface area contributed by atoms with E-state index in [0.717, 1.165) is 12.3 Å². The fraction of sp³-hybridized carbons (Fsp3) is 0.467. The van der Waals surface area contributed by atoms with Gasteiger partial charge in [0.2, 0.25) is 0 Å². The Bertz CT molecular complexity index is 410. The van der Waals surface area contributed by atoms with Gasteiger partial charge in [-0.25, -0.2) is 0 Å². The average molecular weight is 213 g/mol. The number of piperidine rings is 1. The Morgan fingerprint density at radius 2 is 2.12 bits per heavy atom. The fourth-order valence-electron chi connectivity index (χ4n) is 3.61. The summed E-state index contributed by atoms with van der Waals surface area (Å²) in [5.74, 6) is 1.48. The standard InChI is InChI=1S/C15H19N/c1-3-6-13-15-10(2)9-14(16-13)11-7-4-5-8-12(11)15/h3-5,7-8,10,13-16H,1,6,9H2,2H3/t10-,13+,14+,15+/m1/s1. The zero-order chi connectivity index (χ0) is 11.1. The van der Waals surface area contributed by atoms with E-state index in [1.54, 1.807) is 5.56 Å². The molecule has 0 aromatic heterocycles. The van der Waals surface area contributed by atoms with E-state index in [-0.39, 0.29) is 0 Å². The SMILES string of the molecule is C=CC[C@@H]1N[C@H]2C[C@@H](C)[C@H]1c1ccccc12. The Hall–Kier alpha value is -1.08. The van der Waals surface area contributed by atoms with Gasteiger partial charge >= 0.3 is 0 Å². The normalized spacial score (nSPS) is 35.8. The molecule has 3 aliphatic rings. The van der Waals surface area contributed by atoms with Crippen LogP contribution in [0.25, 0.3) is 0 Å². The van der Waals surface area contributed by atoms with Gasteiger partial charge in [0.25, 0.3) is 0 Å². The second-order valence-electron chi connectivity index (χ2n) is 5.22. The predicted molar refractivity (Wildman–Crippen MR) is 67.4 cm³/mol. The van der Waals surface area contributed by atoms with Crippen molar-refractivity contribution in [2.45, 2.75) is 37.8 Å². The molecule has 4 atom stereocenters. The first-order valence-corrected chi connectivity index (χ1v) is 6.27. The molecule has 1 aromatic carbocycles. The van der Waals surface area contributed by atoms with Crippen LogP contribution in [-0.4, -0.2) is 6.04 Å². The molecule has 1 fully saturated rings. The summed E-state index contributed by atoms with van der Waals surface area (Å²) in [6.45, 7) is 6.27. The van der Waals surface area contributed by atoms with Crippen molar-refractivity contribution in [1.29, 1.82) is 0 Å². The zero-order valence-electron chi connectivity index (χ0n) is 9.82. The van der Waals surface area contributed by atoms with Crippen LogP contribution in [0.5, 0.6) is 0 Å². The van der Waals surface area contributed by atoms with Crippen molar-refractivity contribution in [3.63, 3.8) is 0 Å². The number of nitrogens with one attached hydrogen (secondary N) is 1. The average Bonchev–Trinajstić information content (AvgIpc) is 2.29. The largest absolute Gasteiger partial charge is 0.306 e. The van der Waals surface area contributed by atoms with Gasteiger partial charge in [0.15, 0.2) is 0 Å². The van der Waals surface area contributed by atoms with E-state index < -0.39 is 0 Å². The molecule has 2 heterocycles. The molecular formula is C15H19N. The molecular weight excluding hydrogens is 194 g/mol. The van der Waals surface area contributed by atoms with Gasteiger partial charge in [0, 0.05) is 18.0 Å². The van der Waals surface area contributed by atoms with E-state index in [2.05, 4.69) is 43.1 Å². The van der Waals surface area contributed by atoms with Gasteiger partial charge in [-0.2, -0.15) is 0 Å². The summed E-state index contributed by atoms with van der Waals surface area (Å²) in [5, 5.41) is 3.77. The first-order chi connectivity index (χ1) is 7.81. The van der Waals surface area contributed by atoms with Crippen LogP contribution in [0.15, 0.2) is 36.9 Å². The van der Waals surface area contributed by atoms with Crippen LogP contribution < -0.4 is 5.32 Å². The number of fused-ring (bicyclic) bond motifs is 2. The minimum atomic E-state index is 0.571. The van der Waals surface area contributed by atoms with Gasteiger partial charge in [-0.1, -0.05) is 37.3 Å². The summed E-state index contributed by atoms with van der Waals surface area (Å²) in [6.07, 6.45) is 4.42. The molecule has 1 saturated heterocycles. The highest BCUT2D eigenvalue weighted by atomic mass is 15.0. The lowest BCUT2D eigenvalue weighted by atomic mass is 9.66. The summed E-state index contributed by atoms with van der Waals surface area (Å²) in [5.41, 5.74) is 3.11. The third-order valence-electron chi connectivity index (χ3n) is 4.22. The molecule has 1 aliphatic carbocycles. The van der Waals surface area contributed by atoms with E-state index in [0.29, 0.717) is 18.0 Å². The molecule has 4 rings (SSSR count). The van der Waals surface area contributed by atoms with Gasteiger partial charge < -0.3 is 5.32 Å². The summed E-state index contributed by atoms with van der Waals surface area (Å²) < 4.78 is 0. The van der Waals surface area contributed by atoms with Crippen LogP contribution in [0, 0.1) is 5.92 Å². The van der Waals surface area contributed by atoms with Crippen LogP contribution in [0.1, 0.15) is 42.9 Å². The molecule has 0 unspecified atom stereocenters. The molecule has 0 amide bonds. The van der Waals surface area contributed by atoms with Crippen molar-refractivity contribution in [2.75, 3.05) is 0 Å². The molecule has 0 spiro atoms. The summed E-state index contributed by atoms with van der Waals surface area (Å²) >= 11 is 0. The van der Waals surface area contributed by atoms with Gasteiger partial charge in [0.05, 0.1) is 0 Å². The van der Waals surface area contributed by atoms with Crippen molar-refractivity contribution in [2.24, 2.45) is 5.92 Å². The second-order valence-corrected chi connectivity index (χ2v) is 5.22. The Kier molecular flexibility index (Phi) is 2.36. The maximum atomic E-state index is 3.88. The lowest BCUT2D eigenvalue weighted by Gasteiger charge is -2.48. The summed E-state index contributed by atoms with van der Waals surface area (Å²) in [6, 6.07) is 10.1. The minimum Gasteiger partial charge on any atom is -0.306 e. The number of hydrogen-bond acceptors (Lipinski definition) is 1. The van der Waals surface area contributed by atoms with E-state index in [4.69, 9.17) is 0 Å². The molecule has 2 aliphatic heterocycles. The maximum Gasteiger partial charge on any atom is 0.0328 e. The van der Waals surface area contributed by atoms with Gasteiger partial charge in [-0.05, 0) is 29.9 Å². The quantitative estimate of drug-likeness (QED) is 0.742. The third-order valence-corrected chi connectivity index (χ3v) is 4.22. The van der Waals surface area contributed by atoms with Crippen molar-refractivity contribution >= 4 is 0 Å². The van der Waals surface area contributed by atoms with E-state index in [1.165, 1.54) is 12.0 Å². The van der Waals surface area contributed by atoms with Crippen molar-refractivity contribution in [1.82, 2.24) is 5.32 Å². The smallest absolute Gasteiger partial charge is 0.0328 e. The molecule has 84 valence electrons. The van der Waals surface area contributed by atoms with Crippen LogP contribution >= 0.6 is 0 Å². The summed E-state index contributed by atoms with van der Waals surface area (Å²) in [4.78, 5) is 0. The number of rotatable bonds is 2. The van der Waals surface area contributed by atoms with E-state index in [1.807, 2.05) is 6.08 Å². The highest BCUT2D eigenvalue weighted by Gasteiger charge is 2.42. The molecule has 0 saturated carbocycles. The Morgan fingerprint density at radius 1 is 1.38 bits per heavy atom. The van der Waals surface area contributed by atoms with Crippen LogP contribution in [0.2, 0.25) is 0 Å². The number of benzene rings is 1. The van der Waals surface area contributed by atoms with Crippen molar-refractivity contribution in [3.05, 3.63) is 48.0 Å². The van der Waals surface area contributed by atoms with Crippen LogP contribution in [0.3, 0.4) is 0 Å². The minimum absolute atomic E-state index is 0.571. The highest BCUT2D eigenvalue weighted by molar-refractivity contribution is 5.40. The first kappa shape index (κ1) is 10.1. The highest BCUT2D eigenvalue weighted by Crippen LogP contribution is 2.48. The van der Waals surface area contributed by atoms with Crippen LogP contribution in [-0.2, 0) is 0 Å². The Morgan fingerprint density at radius 3 is 2.88 bits per heavy atom. The van der Waals surface area contributed by atoms with E-state index in [9.17, 15) is 0 Å². The van der Waals surface area contributed by atoms with E-state index >= 15 is 0 Å². The first-order valence-electron chi connectivity index (χ1n) is 6.27. The Labute approximate surface area is 97.6 Å². The maximum absolute atomic E-state index is 3.88. The number of hydrogen-bond donors (Lipinski definition) is 1.